The lowest BCUT2D eigenvalue weighted by Crippen LogP contribution is -2.61. The number of fused-ring (bicyclic) bond motifs is 2. The number of phenols is 1. The van der Waals surface area contributed by atoms with Crippen LogP contribution in [0, 0.1) is 5.92 Å². The van der Waals surface area contributed by atoms with Gasteiger partial charge < -0.3 is 15.2 Å². The summed E-state index contributed by atoms with van der Waals surface area (Å²) in [5.74, 6) is -0.214. The molecule has 4 atom stereocenters. The third kappa shape index (κ3) is 5.12. The van der Waals surface area contributed by atoms with Crippen LogP contribution in [0.5, 0.6) is 5.75 Å². The summed E-state index contributed by atoms with van der Waals surface area (Å²) in [6.07, 6.45) is 3.63. The first-order valence-electron chi connectivity index (χ1n) is 13.0. The fourth-order valence-electron chi connectivity index (χ4n) is 6.47. The molecule has 1 saturated carbocycles. The Hall–Kier alpha value is -3.64. The summed E-state index contributed by atoms with van der Waals surface area (Å²) < 4.78 is 5.93. The SMILES string of the molecule is C=CCN1CC[C@@]2(c3cccc(O)c3)C[C@@H](NC(=O)c3ccc4ccccc4c3)CC(OC(C)=O)[C@@H]2C1. The summed E-state index contributed by atoms with van der Waals surface area (Å²) in [6, 6.07) is 20.9. The number of hydrogen-bond donors (Lipinski definition) is 2. The number of benzene rings is 3. The van der Waals surface area contributed by atoms with Crippen LogP contribution in [0.1, 0.15) is 42.1 Å². The number of nitrogens with one attached hydrogen (secondary N) is 1. The van der Waals surface area contributed by atoms with Crippen molar-refractivity contribution < 1.29 is 19.4 Å². The minimum atomic E-state index is -0.358. The highest BCUT2D eigenvalue weighted by molar-refractivity contribution is 5.98. The van der Waals surface area contributed by atoms with E-state index in [2.05, 4.69) is 16.8 Å². The molecular formula is C31H34N2O4. The molecular weight excluding hydrogens is 464 g/mol. The fraction of sp³-hybridized carbons (Fsp3) is 0.355. The average Bonchev–Trinajstić information content (AvgIpc) is 2.88. The first-order chi connectivity index (χ1) is 17.9. The number of aromatic hydroxyl groups is 1. The maximum Gasteiger partial charge on any atom is 0.302 e. The van der Waals surface area contributed by atoms with Crippen LogP contribution in [0.25, 0.3) is 10.8 Å². The van der Waals surface area contributed by atoms with E-state index in [-0.39, 0.29) is 41.1 Å². The van der Waals surface area contributed by atoms with Gasteiger partial charge in [0.15, 0.2) is 0 Å². The zero-order chi connectivity index (χ0) is 26.0. The number of ether oxygens (including phenoxy) is 1. The Morgan fingerprint density at radius 2 is 1.95 bits per heavy atom. The van der Waals surface area contributed by atoms with E-state index in [0.29, 0.717) is 18.4 Å². The first kappa shape index (κ1) is 25.0. The molecule has 6 nitrogen and oxygen atoms in total. The van der Waals surface area contributed by atoms with Gasteiger partial charge in [-0.25, -0.2) is 0 Å². The molecule has 3 aromatic rings. The molecule has 0 spiro atoms. The number of amides is 1. The van der Waals surface area contributed by atoms with Gasteiger partial charge in [0, 0.05) is 49.4 Å². The van der Waals surface area contributed by atoms with Crippen molar-refractivity contribution in [3.8, 4) is 5.75 Å². The third-order valence-electron chi connectivity index (χ3n) is 8.09. The number of carbonyl (C=O) groups excluding carboxylic acids is 2. The summed E-state index contributed by atoms with van der Waals surface area (Å²) in [6.45, 7) is 7.72. The van der Waals surface area contributed by atoms with Gasteiger partial charge in [0.25, 0.3) is 5.91 Å². The van der Waals surface area contributed by atoms with Gasteiger partial charge in [-0.1, -0.05) is 48.5 Å². The Morgan fingerprint density at radius 3 is 2.70 bits per heavy atom. The highest BCUT2D eigenvalue weighted by Gasteiger charge is 2.53. The molecule has 6 heteroatoms. The standard InChI is InChI=1S/C31H34N2O4/c1-3-14-33-15-13-31(25-9-6-10-27(35)17-25)19-26(18-29(28(31)20-33)37-21(2)34)32-30(36)24-12-11-22-7-4-5-8-23(22)16-24/h3-12,16-17,26,28-29,35H,1,13-15,18-20H2,2H3,(H,32,36)/t26-,28-,29?,31-/m0/s1. The first-order valence-corrected chi connectivity index (χ1v) is 13.0. The highest BCUT2D eigenvalue weighted by Crippen LogP contribution is 2.50. The second-order valence-corrected chi connectivity index (χ2v) is 10.4. The predicted octanol–water partition coefficient (Wildman–Crippen LogP) is 4.82. The largest absolute Gasteiger partial charge is 0.508 e. The van der Waals surface area contributed by atoms with E-state index in [9.17, 15) is 14.7 Å². The van der Waals surface area contributed by atoms with Gasteiger partial charge in [-0.2, -0.15) is 0 Å². The van der Waals surface area contributed by atoms with E-state index in [4.69, 9.17) is 4.74 Å². The summed E-state index contributed by atoms with van der Waals surface area (Å²) in [4.78, 5) is 27.9. The van der Waals surface area contributed by atoms with Crippen molar-refractivity contribution >= 4 is 22.6 Å². The van der Waals surface area contributed by atoms with E-state index in [1.165, 1.54) is 6.92 Å². The topological polar surface area (TPSA) is 78.9 Å². The Balaban J connectivity index is 1.48. The second kappa shape index (κ2) is 10.4. The third-order valence-corrected chi connectivity index (χ3v) is 8.09. The average molecular weight is 499 g/mol. The van der Waals surface area contributed by atoms with Crippen molar-refractivity contribution in [2.24, 2.45) is 5.92 Å². The van der Waals surface area contributed by atoms with Crippen LogP contribution >= 0.6 is 0 Å². The van der Waals surface area contributed by atoms with Crippen molar-refractivity contribution in [2.45, 2.75) is 43.7 Å². The Bertz CT molecular complexity index is 1320. The van der Waals surface area contributed by atoms with Crippen LogP contribution in [-0.4, -0.2) is 53.7 Å². The molecule has 0 radical (unpaired) electrons. The number of likely N-dealkylation sites (tertiary alicyclic amines) is 1. The fourth-order valence-corrected chi connectivity index (χ4v) is 6.47. The van der Waals surface area contributed by atoms with Crippen molar-refractivity contribution in [1.82, 2.24) is 10.2 Å². The lowest BCUT2D eigenvalue weighted by molar-refractivity contribution is -0.157. The number of rotatable bonds is 6. The number of esters is 1. The summed E-state index contributed by atoms with van der Waals surface area (Å²) >= 11 is 0. The minimum Gasteiger partial charge on any atom is -0.508 e. The number of carbonyl (C=O) groups is 2. The quantitative estimate of drug-likeness (QED) is 0.377. The number of hydrogen-bond acceptors (Lipinski definition) is 5. The molecule has 0 aromatic heterocycles. The maximum atomic E-state index is 13.4. The molecule has 1 aliphatic heterocycles. The molecule has 1 unspecified atom stereocenters. The van der Waals surface area contributed by atoms with Gasteiger partial charge in [0.2, 0.25) is 0 Å². The zero-order valence-electron chi connectivity index (χ0n) is 21.2. The van der Waals surface area contributed by atoms with Gasteiger partial charge >= 0.3 is 5.97 Å². The van der Waals surface area contributed by atoms with Crippen molar-refractivity contribution in [3.63, 3.8) is 0 Å². The maximum absolute atomic E-state index is 13.4. The van der Waals surface area contributed by atoms with E-state index < -0.39 is 0 Å². The molecule has 0 bridgehead atoms. The van der Waals surface area contributed by atoms with Crippen molar-refractivity contribution in [2.75, 3.05) is 19.6 Å². The molecule has 2 fully saturated rings. The molecule has 1 saturated heterocycles. The number of piperidine rings is 1. The van der Waals surface area contributed by atoms with E-state index in [1.807, 2.05) is 66.7 Å². The molecule has 37 heavy (non-hydrogen) atoms. The smallest absolute Gasteiger partial charge is 0.302 e. The molecule has 1 aliphatic carbocycles. The summed E-state index contributed by atoms with van der Waals surface area (Å²) in [5, 5.41) is 15.7. The van der Waals surface area contributed by atoms with Crippen LogP contribution in [0.3, 0.4) is 0 Å². The lowest BCUT2D eigenvalue weighted by Gasteiger charge is -2.55. The Labute approximate surface area is 217 Å². The molecule has 1 amide bonds. The van der Waals surface area contributed by atoms with Crippen LogP contribution < -0.4 is 5.32 Å². The number of nitrogens with zero attached hydrogens (tertiary/aromatic N) is 1. The highest BCUT2D eigenvalue weighted by atomic mass is 16.5. The van der Waals surface area contributed by atoms with E-state index in [0.717, 1.165) is 42.4 Å². The van der Waals surface area contributed by atoms with E-state index in [1.54, 1.807) is 6.07 Å². The van der Waals surface area contributed by atoms with Crippen molar-refractivity contribution in [1.29, 1.82) is 0 Å². The second-order valence-electron chi connectivity index (χ2n) is 10.4. The van der Waals surface area contributed by atoms with Gasteiger partial charge in [-0.05, 0) is 60.0 Å². The molecule has 1 heterocycles. The van der Waals surface area contributed by atoms with Crippen molar-refractivity contribution in [3.05, 3.63) is 90.5 Å². The van der Waals surface area contributed by atoms with Crippen LogP contribution in [0.15, 0.2) is 79.4 Å². The molecule has 3 aromatic carbocycles. The van der Waals surface area contributed by atoms with Crippen LogP contribution in [-0.2, 0) is 14.9 Å². The Kier molecular flexibility index (Phi) is 7.02. The van der Waals surface area contributed by atoms with Gasteiger partial charge in [0.05, 0.1) is 0 Å². The Morgan fingerprint density at radius 1 is 1.14 bits per heavy atom. The summed E-state index contributed by atoms with van der Waals surface area (Å²) in [7, 11) is 0. The van der Waals surface area contributed by atoms with Crippen LogP contribution in [0.2, 0.25) is 0 Å². The lowest BCUT2D eigenvalue weighted by atomic mass is 9.57. The minimum absolute atomic E-state index is 0.0284. The molecule has 192 valence electrons. The number of phenolic OH excluding ortho intramolecular Hbond substituents is 1. The van der Waals surface area contributed by atoms with Gasteiger partial charge in [-0.15, -0.1) is 6.58 Å². The summed E-state index contributed by atoms with van der Waals surface area (Å²) in [5.41, 5.74) is 1.28. The van der Waals surface area contributed by atoms with E-state index >= 15 is 0 Å². The van der Waals surface area contributed by atoms with Gasteiger partial charge in [0.1, 0.15) is 11.9 Å². The monoisotopic (exact) mass is 498 g/mol. The normalized spacial score (nSPS) is 25.7. The van der Waals surface area contributed by atoms with Gasteiger partial charge in [-0.3, -0.25) is 14.5 Å². The molecule has 2 aliphatic rings. The predicted molar refractivity (Wildman–Crippen MR) is 145 cm³/mol. The molecule has 2 N–H and O–H groups in total. The van der Waals surface area contributed by atoms with Crippen LogP contribution in [0.4, 0.5) is 0 Å². The zero-order valence-corrected chi connectivity index (χ0v) is 21.2. The molecule has 5 rings (SSSR count).